The number of aryl methyl sites for hydroxylation is 1. The molecule has 0 spiro atoms. The molecule has 178 valence electrons. The Kier molecular flexibility index (Phi) is 6.48. The fraction of sp³-hybridized carbons (Fsp3) is 0.185. The van der Waals surface area contributed by atoms with Crippen LogP contribution in [-0.4, -0.2) is 48.9 Å². The summed E-state index contributed by atoms with van der Waals surface area (Å²) < 4.78 is 33.5. The van der Waals surface area contributed by atoms with Gasteiger partial charge in [0.05, 0.1) is 10.6 Å². The van der Waals surface area contributed by atoms with E-state index in [1.165, 1.54) is 4.31 Å². The highest BCUT2D eigenvalue weighted by Gasteiger charge is 2.29. The predicted octanol–water partition coefficient (Wildman–Crippen LogP) is 4.76. The fourth-order valence-corrected chi connectivity index (χ4v) is 5.56. The molecule has 4 aromatic rings. The molecular formula is C27H26N4O3S. The smallest absolute Gasteiger partial charge is 0.243 e. The van der Waals surface area contributed by atoms with Gasteiger partial charge >= 0.3 is 0 Å². The third kappa shape index (κ3) is 5.18. The first kappa shape index (κ1) is 23.0. The van der Waals surface area contributed by atoms with Crippen LogP contribution in [0.2, 0.25) is 0 Å². The number of rotatable bonds is 6. The number of sulfonamides is 1. The summed E-state index contributed by atoms with van der Waals surface area (Å²) in [5.41, 5.74) is 2.68. The van der Waals surface area contributed by atoms with Gasteiger partial charge in [0.25, 0.3) is 0 Å². The Hall–Kier alpha value is -3.75. The number of nitrogens with zero attached hydrogens (tertiary/aromatic N) is 4. The summed E-state index contributed by atoms with van der Waals surface area (Å²) in [7, 11) is -3.51. The number of hydrogen-bond donors (Lipinski definition) is 0. The van der Waals surface area contributed by atoms with Gasteiger partial charge in [0, 0.05) is 37.9 Å². The Morgan fingerprint density at radius 3 is 2.23 bits per heavy atom. The van der Waals surface area contributed by atoms with Gasteiger partial charge in [-0.2, -0.15) is 4.31 Å². The van der Waals surface area contributed by atoms with Gasteiger partial charge in [-0.25, -0.2) is 18.4 Å². The molecule has 1 aliphatic heterocycles. The van der Waals surface area contributed by atoms with E-state index in [2.05, 4.69) is 4.98 Å². The van der Waals surface area contributed by atoms with E-state index in [0.29, 0.717) is 37.0 Å². The highest BCUT2D eigenvalue weighted by Crippen LogP contribution is 2.26. The first-order chi connectivity index (χ1) is 17.0. The SMILES string of the molecule is Cc1cccc(S(=O)(=O)N2CCN(c3nccc(-c4ccc(Oc5ccccc5)cc4)n3)CC2)c1. The van der Waals surface area contributed by atoms with Gasteiger partial charge in [-0.05, 0) is 67.1 Å². The molecule has 3 aromatic carbocycles. The van der Waals surface area contributed by atoms with Gasteiger partial charge in [-0.1, -0.05) is 30.3 Å². The third-order valence-electron chi connectivity index (χ3n) is 5.92. The largest absolute Gasteiger partial charge is 0.457 e. The molecule has 1 aliphatic rings. The highest BCUT2D eigenvalue weighted by molar-refractivity contribution is 7.89. The maximum atomic E-state index is 13.0. The van der Waals surface area contributed by atoms with Gasteiger partial charge in [-0.15, -0.1) is 0 Å². The molecule has 35 heavy (non-hydrogen) atoms. The van der Waals surface area contributed by atoms with Crippen LogP contribution in [0.15, 0.2) is 96.0 Å². The Labute approximate surface area is 205 Å². The molecule has 5 rings (SSSR count). The number of piperazine rings is 1. The average Bonchev–Trinajstić information content (AvgIpc) is 2.90. The van der Waals surface area contributed by atoms with Crippen molar-refractivity contribution < 1.29 is 13.2 Å². The lowest BCUT2D eigenvalue weighted by Gasteiger charge is -2.34. The molecule has 0 unspecified atom stereocenters. The van der Waals surface area contributed by atoms with Crippen molar-refractivity contribution in [3.05, 3.63) is 96.7 Å². The lowest BCUT2D eigenvalue weighted by Crippen LogP contribution is -2.49. The van der Waals surface area contributed by atoms with Crippen molar-refractivity contribution in [2.45, 2.75) is 11.8 Å². The van der Waals surface area contributed by atoms with Gasteiger partial charge in [-0.3, -0.25) is 0 Å². The van der Waals surface area contributed by atoms with E-state index in [0.717, 1.165) is 28.3 Å². The number of para-hydroxylation sites is 1. The molecule has 0 atom stereocenters. The minimum Gasteiger partial charge on any atom is -0.457 e. The van der Waals surface area contributed by atoms with Crippen molar-refractivity contribution >= 4 is 16.0 Å². The summed E-state index contributed by atoms with van der Waals surface area (Å²) in [6.07, 6.45) is 1.74. The third-order valence-corrected chi connectivity index (χ3v) is 7.82. The molecule has 1 aromatic heterocycles. The van der Waals surface area contributed by atoms with Crippen LogP contribution in [0.5, 0.6) is 11.5 Å². The van der Waals surface area contributed by atoms with Crippen LogP contribution >= 0.6 is 0 Å². The highest BCUT2D eigenvalue weighted by atomic mass is 32.2. The van der Waals surface area contributed by atoms with Crippen molar-refractivity contribution in [1.29, 1.82) is 0 Å². The molecular weight excluding hydrogens is 460 g/mol. The second-order valence-electron chi connectivity index (χ2n) is 8.39. The topological polar surface area (TPSA) is 75.6 Å². The normalized spacial score (nSPS) is 14.6. The van der Waals surface area contributed by atoms with E-state index in [4.69, 9.17) is 9.72 Å². The van der Waals surface area contributed by atoms with E-state index < -0.39 is 10.0 Å². The number of ether oxygens (including phenoxy) is 1. The van der Waals surface area contributed by atoms with Gasteiger partial charge in [0.1, 0.15) is 11.5 Å². The van der Waals surface area contributed by atoms with Gasteiger partial charge in [0.2, 0.25) is 16.0 Å². The Bertz CT molecular complexity index is 1400. The zero-order valence-corrected chi connectivity index (χ0v) is 20.2. The average molecular weight is 487 g/mol. The maximum Gasteiger partial charge on any atom is 0.243 e. The molecule has 0 saturated carbocycles. The molecule has 0 aliphatic carbocycles. The van der Waals surface area contributed by atoms with E-state index in [9.17, 15) is 8.42 Å². The van der Waals surface area contributed by atoms with E-state index >= 15 is 0 Å². The van der Waals surface area contributed by atoms with Crippen LogP contribution < -0.4 is 9.64 Å². The first-order valence-electron chi connectivity index (χ1n) is 11.5. The standard InChI is InChI=1S/C27H26N4O3S/c1-21-6-5-9-25(20-21)35(32,33)31-18-16-30(17-19-31)27-28-15-14-26(29-27)22-10-12-24(13-11-22)34-23-7-3-2-4-8-23/h2-15,20H,16-19H2,1H3. The quantitative estimate of drug-likeness (QED) is 0.391. The second kappa shape index (κ2) is 9.85. The zero-order valence-electron chi connectivity index (χ0n) is 19.4. The van der Waals surface area contributed by atoms with E-state index in [1.807, 2.05) is 78.6 Å². The molecule has 8 heteroatoms. The summed E-state index contributed by atoms with van der Waals surface area (Å²) in [6.45, 7) is 3.71. The van der Waals surface area contributed by atoms with Crippen LogP contribution in [0.3, 0.4) is 0 Å². The minimum atomic E-state index is -3.51. The summed E-state index contributed by atoms with van der Waals surface area (Å²) in [6, 6.07) is 26.3. The van der Waals surface area contributed by atoms with Crippen molar-refractivity contribution in [2.75, 3.05) is 31.1 Å². The summed E-state index contributed by atoms with van der Waals surface area (Å²) >= 11 is 0. The monoisotopic (exact) mass is 486 g/mol. The first-order valence-corrected chi connectivity index (χ1v) is 12.9. The van der Waals surface area contributed by atoms with Gasteiger partial charge < -0.3 is 9.64 Å². The van der Waals surface area contributed by atoms with E-state index in [-0.39, 0.29) is 0 Å². The van der Waals surface area contributed by atoms with Crippen LogP contribution in [0.25, 0.3) is 11.3 Å². The molecule has 0 amide bonds. The lowest BCUT2D eigenvalue weighted by molar-refractivity contribution is 0.382. The summed E-state index contributed by atoms with van der Waals surface area (Å²) in [4.78, 5) is 11.5. The number of hydrogen-bond acceptors (Lipinski definition) is 6. The Morgan fingerprint density at radius 1 is 0.800 bits per heavy atom. The number of anilines is 1. The van der Waals surface area contributed by atoms with Crippen LogP contribution in [0.1, 0.15) is 5.56 Å². The molecule has 2 heterocycles. The second-order valence-corrected chi connectivity index (χ2v) is 10.3. The fourth-order valence-electron chi connectivity index (χ4n) is 4.03. The predicted molar refractivity (Wildman–Crippen MR) is 136 cm³/mol. The molecule has 0 radical (unpaired) electrons. The van der Waals surface area contributed by atoms with Crippen LogP contribution in [-0.2, 0) is 10.0 Å². The summed E-state index contributed by atoms with van der Waals surface area (Å²) in [5, 5.41) is 0. The van der Waals surface area contributed by atoms with Crippen LogP contribution in [0, 0.1) is 6.92 Å². The molecule has 7 nitrogen and oxygen atoms in total. The molecule has 1 saturated heterocycles. The minimum absolute atomic E-state index is 0.337. The van der Waals surface area contributed by atoms with E-state index in [1.54, 1.807) is 24.4 Å². The van der Waals surface area contributed by atoms with Crippen molar-refractivity contribution in [1.82, 2.24) is 14.3 Å². The van der Waals surface area contributed by atoms with Crippen molar-refractivity contribution in [3.8, 4) is 22.8 Å². The van der Waals surface area contributed by atoms with Gasteiger partial charge in [0.15, 0.2) is 0 Å². The van der Waals surface area contributed by atoms with Crippen LogP contribution in [0.4, 0.5) is 5.95 Å². The zero-order chi connectivity index (χ0) is 24.3. The number of aromatic nitrogens is 2. The maximum absolute atomic E-state index is 13.0. The molecule has 1 fully saturated rings. The lowest BCUT2D eigenvalue weighted by atomic mass is 10.1. The van der Waals surface area contributed by atoms with Crippen molar-refractivity contribution in [3.63, 3.8) is 0 Å². The van der Waals surface area contributed by atoms with Crippen molar-refractivity contribution in [2.24, 2.45) is 0 Å². The Balaban J connectivity index is 1.26. The number of benzene rings is 3. The Morgan fingerprint density at radius 2 is 1.51 bits per heavy atom. The summed E-state index contributed by atoms with van der Waals surface area (Å²) in [5.74, 6) is 2.13. The molecule has 0 bridgehead atoms. The molecule has 0 N–H and O–H groups in total.